The lowest BCUT2D eigenvalue weighted by molar-refractivity contribution is 0.656. The molecule has 10 aromatic rings. The SMILES string of the molecule is c1ccc(-c2ccc3[nH]c4ccc(-c5ccc6oc7cc8oc9ccc(-c%10ccccc%10)cc9c8cc7c6c5)cc4c3c2)cc1. The first-order valence-electron chi connectivity index (χ1n) is 15.2. The Morgan fingerprint density at radius 2 is 0.689 bits per heavy atom. The van der Waals surface area contributed by atoms with Crippen LogP contribution in [0.1, 0.15) is 0 Å². The molecule has 0 unspecified atom stereocenters. The fourth-order valence-corrected chi connectivity index (χ4v) is 6.92. The molecule has 0 saturated heterocycles. The van der Waals surface area contributed by atoms with Crippen molar-refractivity contribution in [1.29, 1.82) is 0 Å². The van der Waals surface area contributed by atoms with Crippen molar-refractivity contribution in [2.75, 3.05) is 0 Å². The van der Waals surface area contributed by atoms with E-state index in [1.165, 1.54) is 38.6 Å². The van der Waals surface area contributed by atoms with Crippen molar-refractivity contribution in [2.45, 2.75) is 0 Å². The molecule has 210 valence electrons. The first-order chi connectivity index (χ1) is 22.2. The molecule has 45 heavy (non-hydrogen) atoms. The summed E-state index contributed by atoms with van der Waals surface area (Å²) in [7, 11) is 0. The quantitative estimate of drug-likeness (QED) is 0.228. The molecule has 3 heterocycles. The minimum absolute atomic E-state index is 0.831. The molecule has 1 N–H and O–H groups in total. The van der Waals surface area contributed by atoms with Gasteiger partial charge in [-0.3, -0.25) is 0 Å². The maximum absolute atomic E-state index is 6.35. The molecule has 0 aliphatic rings. The van der Waals surface area contributed by atoms with Crippen molar-refractivity contribution in [3.63, 3.8) is 0 Å². The summed E-state index contributed by atoms with van der Waals surface area (Å²) in [5, 5.41) is 6.85. The highest BCUT2D eigenvalue weighted by molar-refractivity contribution is 6.16. The predicted octanol–water partition coefficient (Wildman–Crippen LogP) is 12.1. The largest absolute Gasteiger partial charge is 0.456 e. The van der Waals surface area contributed by atoms with Crippen LogP contribution in [0.5, 0.6) is 0 Å². The Labute approximate surface area is 257 Å². The van der Waals surface area contributed by atoms with Gasteiger partial charge in [-0.15, -0.1) is 0 Å². The van der Waals surface area contributed by atoms with E-state index in [-0.39, 0.29) is 0 Å². The Kier molecular flexibility index (Phi) is 5.00. The molecule has 0 fully saturated rings. The number of fused-ring (bicyclic) bond motifs is 9. The minimum atomic E-state index is 0.831. The summed E-state index contributed by atoms with van der Waals surface area (Å²) in [6, 6.07) is 51.6. The fraction of sp³-hybridized carbons (Fsp3) is 0. The van der Waals surface area contributed by atoms with Crippen molar-refractivity contribution in [1.82, 2.24) is 4.98 Å². The molecule has 0 spiro atoms. The van der Waals surface area contributed by atoms with Gasteiger partial charge in [0.2, 0.25) is 0 Å². The van der Waals surface area contributed by atoms with Crippen molar-refractivity contribution in [3.05, 3.63) is 146 Å². The summed E-state index contributed by atoms with van der Waals surface area (Å²) >= 11 is 0. The van der Waals surface area contributed by atoms with E-state index in [2.05, 4.69) is 138 Å². The molecule has 0 bridgehead atoms. The Morgan fingerprint density at radius 3 is 1.18 bits per heavy atom. The first-order valence-corrected chi connectivity index (χ1v) is 15.2. The van der Waals surface area contributed by atoms with Crippen LogP contribution < -0.4 is 0 Å². The van der Waals surface area contributed by atoms with E-state index in [0.29, 0.717) is 0 Å². The average molecular weight is 576 g/mol. The van der Waals surface area contributed by atoms with Gasteiger partial charge in [0.1, 0.15) is 22.3 Å². The number of benzene rings is 7. The fourth-order valence-electron chi connectivity index (χ4n) is 6.92. The number of aromatic nitrogens is 1. The Hall–Kier alpha value is -6.06. The van der Waals surface area contributed by atoms with Gasteiger partial charge in [-0.25, -0.2) is 0 Å². The number of furan rings is 2. The van der Waals surface area contributed by atoms with Gasteiger partial charge in [0.25, 0.3) is 0 Å². The van der Waals surface area contributed by atoms with E-state index in [9.17, 15) is 0 Å². The third kappa shape index (κ3) is 3.77. The van der Waals surface area contributed by atoms with Crippen molar-refractivity contribution in [3.8, 4) is 33.4 Å². The number of rotatable bonds is 3. The van der Waals surface area contributed by atoms with Gasteiger partial charge in [-0.05, 0) is 88.0 Å². The van der Waals surface area contributed by atoms with E-state index in [1.807, 2.05) is 12.1 Å². The van der Waals surface area contributed by atoms with Crippen molar-refractivity contribution < 1.29 is 8.83 Å². The molecule has 10 rings (SSSR count). The second kappa shape index (κ2) is 9.22. The monoisotopic (exact) mass is 575 g/mol. The van der Waals surface area contributed by atoms with Crippen LogP contribution in [0.25, 0.3) is 99.1 Å². The second-order valence-electron chi connectivity index (χ2n) is 11.8. The Morgan fingerprint density at radius 1 is 0.289 bits per heavy atom. The molecule has 7 aromatic carbocycles. The van der Waals surface area contributed by atoms with Gasteiger partial charge in [0.15, 0.2) is 0 Å². The van der Waals surface area contributed by atoms with Crippen LogP contribution in [0, 0.1) is 0 Å². The molecule has 0 radical (unpaired) electrons. The van der Waals surface area contributed by atoms with Crippen LogP contribution in [-0.4, -0.2) is 4.98 Å². The molecular formula is C42H25NO2. The molecule has 3 aromatic heterocycles. The lowest BCUT2D eigenvalue weighted by Crippen LogP contribution is -1.79. The van der Waals surface area contributed by atoms with Gasteiger partial charge in [0.05, 0.1) is 0 Å². The zero-order chi connectivity index (χ0) is 29.5. The van der Waals surface area contributed by atoms with E-state index in [0.717, 1.165) is 60.5 Å². The number of aromatic amines is 1. The standard InChI is InChI=1S/C42H25NO2/c1-3-7-25(8-4-1)27-11-15-37-31(19-27)32-20-29(12-16-38(32)43-37)30-14-18-40-34(22-30)36-23-35-33-21-28(26-9-5-2-6-10-26)13-17-39(33)44-41(35)24-42(36)45-40/h1-24,43H. The van der Waals surface area contributed by atoms with Crippen LogP contribution >= 0.6 is 0 Å². The third-order valence-corrected chi connectivity index (χ3v) is 9.21. The number of hydrogen-bond acceptors (Lipinski definition) is 2. The smallest absolute Gasteiger partial charge is 0.139 e. The molecule has 0 aliphatic heterocycles. The molecule has 0 aliphatic carbocycles. The van der Waals surface area contributed by atoms with E-state index >= 15 is 0 Å². The van der Waals surface area contributed by atoms with Crippen LogP contribution in [0.3, 0.4) is 0 Å². The number of H-pyrrole nitrogens is 1. The summed E-state index contributed by atoms with van der Waals surface area (Å²) in [6.07, 6.45) is 0. The van der Waals surface area contributed by atoms with Crippen LogP contribution in [0.15, 0.2) is 154 Å². The zero-order valence-corrected chi connectivity index (χ0v) is 24.2. The molecule has 0 atom stereocenters. The van der Waals surface area contributed by atoms with Gasteiger partial charge in [0, 0.05) is 49.4 Å². The first kappa shape index (κ1) is 24.4. The normalized spacial score (nSPS) is 12.0. The summed E-state index contributed by atoms with van der Waals surface area (Å²) in [5.41, 5.74) is 12.8. The highest BCUT2D eigenvalue weighted by Gasteiger charge is 2.16. The highest BCUT2D eigenvalue weighted by Crippen LogP contribution is 2.40. The highest BCUT2D eigenvalue weighted by atomic mass is 16.3. The summed E-state index contributed by atoms with van der Waals surface area (Å²) in [5.74, 6) is 0. The van der Waals surface area contributed by atoms with Crippen LogP contribution in [0.2, 0.25) is 0 Å². The average Bonchev–Trinajstić information content (AvgIpc) is 3.77. The van der Waals surface area contributed by atoms with Crippen molar-refractivity contribution >= 4 is 65.7 Å². The van der Waals surface area contributed by atoms with Gasteiger partial charge < -0.3 is 13.8 Å². The van der Waals surface area contributed by atoms with E-state index in [4.69, 9.17) is 8.83 Å². The Bertz CT molecular complexity index is 2740. The van der Waals surface area contributed by atoms with E-state index in [1.54, 1.807) is 0 Å². The maximum Gasteiger partial charge on any atom is 0.139 e. The topological polar surface area (TPSA) is 42.1 Å². The molecule has 0 saturated carbocycles. The lowest BCUT2D eigenvalue weighted by Gasteiger charge is -2.04. The Balaban J connectivity index is 1.12. The minimum Gasteiger partial charge on any atom is -0.456 e. The van der Waals surface area contributed by atoms with E-state index < -0.39 is 0 Å². The summed E-state index contributed by atoms with van der Waals surface area (Å²) in [4.78, 5) is 3.60. The molecule has 3 nitrogen and oxygen atoms in total. The zero-order valence-electron chi connectivity index (χ0n) is 24.2. The van der Waals surface area contributed by atoms with Gasteiger partial charge in [-0.2, -0.15) is 0 Å². The third-order valence-electron chi connectivity index (χ3n) is 9.21. The summed E-state index contributed by atoms with van der Waals surface area (Å²) in [6.45, 7) is 0. The molecule has 0 amide bonds. The molecule has 3 heteroatoms. The number of nitrogens with one attached hydrogen (secondary N) is 1. The van der Waals surface area contributed by atoms with Crippen LogP contribution in [-0.2, 0) is 0 Å². The lowest BCUT2D eigenvalue weighted by atomic mass is 9.99. The van der Waals surface area contributed by atoms with Crippen molar-refractivity contribution in [2.24, 2.45) is 0 Å². The maximum atomic E-state index is 6.35. The predicted molar refractivity (Wildman–Crippen MR) is 187 cm³/mol. The van der Waals surface area contributed by atoms with Gasteiger partial charge >= 0.3 is 0 Å². The van der Waals surface area contributed by atoms with Crippen LogP contribution in [0.4, 0.5) is 0 Å². The van der Waals surface area contributed by atoms with Gasteiger partial charge in [-0.1, -0.05) is 84.9 Å². The summed E-state index contributed by atoms with van der Waals surface area (Å²) < 4.78 is 12.6. The second-order valence-corrected chi connectivity index (χ2v) is 11.8. The number of hydrogen-bond donors (Lipinski definition) is 1. The molecular weight excluding hydrogens is 550 g/mol.